The monoisotopic (exact) mass is 644 g/mol. The van der Waals surface area contributed by atoms with E-state index in [4.69, 9.17) is 14.2 Å². The predicted molar refractivity (Wildman–Crippen MR) is 190 cm³/mol. The number of rotatable bonds is 15. The SMILES string of the molecule is C=C(C)CC[C@H](C[C@@]12C[C@@H](CC=C(C)C)C(C)(C)[C@@](CC=C(C)C)(C1=O)C(OC)=C(C(=O)c1ccc(OC)c(OC)c1)C2=O)C(=C)C. The summed E-state index contributed by atoms with van der Waals surface area (Å²) in [5.41, 5.74) is 1.01. The van der Waals surface area contributed by atoms with Gasteiger partial charge in [0.1, 0.15) is 11.3 Å². The predicted octanol–water partition coefficient (Wildman–Crippen LogP) is 9.61. The van der Waals surface area contributed by atoms with Gasteiger partial charge in [-0.3, -0.25) is 14.4 Å². The summed E-state index contributed by atoms with van der Waals surface area (Å²) in [6, 6.07) is 4.87. The van der Waals surface area contributed by atoms with Crippen LogP contribution in [0.2, 0.25) is 0 Å². The number of ketones is 3. The van der Waals surface area contributed by atoms with Crippen LogP contribution >= 0.6 is 0 Å². The lowest BCUT2D eigenvalue weighted by atomic mass is 9.39. The van der Waals surface area contributed by atoms with Gasteiger partial charge in [0.25, 0.3) is 0 Å². The van der Waals surface area contributed by atoms with Crippen LogP contribution in [-0.2, 0) is 14.3 Å². The molecule has 47 heavy (non-hydrogen) atoms. The van der Waals surface area contributed by atoms with Gasteiger partial charge in [0.2, 0.25) is 0 Å². The largest absolute Gasteiger partial charge is 0.499 e. The Hall–Kier alpha value is -3.67. The highest BCUT2D eigenvalue weighted by Crippen LogP contribution is 2.68. The van der Waals surface area contributed by atoms with Gasteiger partial charge in [-0.1, -0.05) is 54.9 Å². The first kappa shape index (κ1) is 37.8. The fourth-order valence-electron chi connectivity index (χ4n) is 7.76. The molecule has 0 heterocycles. The standard InChI is InChI=1S/C41H56O6/c1-25(2)14-16-30(28(7)8)23-40-24-31(18-15-26(3)4)39(9,10)41(38(40)44,21-20-27(5)6)37(47-13)34(36(40)43)35(42)29-17-19-32(45-11)33(22-29)46-12/h15,17,19-20,22,30-31H,1,7,14,16,18,21,23-24H2,2-6,8-13H3/t30-,31-,40+,41-/m1/s1. The highest BCUT2D eigenvalue weighted by molar-refractivity contribution is 6.35. The number of ether oxygens (including phenoxy) is 3. The minimum Gasteiger partial charge on any atom is -0.499 e. The second-order valence-corrected chi connectivity index (χ2v) is 14.8. The molecule has 2 aliphatic carbocycles. The fraction of sp³-hybridized carbons (Fsp3) is 0.537. The van der Waals surface area contributed by atoms with Crippen molar-refractivity contribution in [3.8, 4) is 11.5 Å². The lowest BCUT2D eigenvalue weighted by Gasteiger charge is -2.61. The number of methoxy groups -OCH3 is 3. The molecule has 4 atom stereocenters. The summed E-state index contributed by atoms with van der Waals surface area (Å²) < 4.78 is 17.1. The molecule has 1 fully saturated rings. The molecular weight excluding hydrogens is 588 g/mol. The average Bonchev–Trinajstić information content (AvgIpc) is 3.00. The van der Waals surface area contributed by atoms with Crippen LogP contribution < -0.4 is 9.47 Å². The molecule has 0 unspecified atom stereocenters. The Balaban J connectivity index is 2.49. The van der Waals surface area contributed by atoms with E-state index in [-0.39, 0.29) is 40.9 Å². The van der Waals surface area contributed by atoms with Gasteiger partial charge in [-0.15, -0.1) is 6.58 Å². The molecule has 3 rings (SSSR count). The van der Waals surface area contributed by atoms with Crippen LogP contribution in [-0.4, -0.2) is 38.7 Å². The van der Waals surface area contributed by atoms with Crippen molar-refractivity contribution in [2.75, 3.05) is 21.3 Å². The fourth-order valence-corrected chi connectivity index (χ4v) is 7.76. The van der Waals surface area contributed by atoms with E-state index in [9.17, 15) is 4.79 Å². The Kier molecular flexibility index (Phi) is 11.8. The molecule has 6 nitrogen and oxygen atoms in total. The number of allylic oxidation sites excluding steroid dienone is 8. The average molecular weight is 645 g/mol. The van der Waals surface area contributed by atoms with Crippen LogP contribution in [0, 0.1) is 28.1 Å². The molecule has 2 bridgehead atoms. The van der Waals surface area contributed by atoms with Gasteiger partial charge >= 0.3 is 0 Å². The first-order valence-corrected chi connectivity index (χ1v) is 16.7. The molecule has 0 amide bonds. The number of benzene rings is 1. The number of hydrogen-bond donors (Lipinski definition) is 0. The number of carbonyl (C=O) groups is 3. The zero-order valence-electron chi connectivity index (χ0n) is 30.6. The van der Waals surface area contributed by atoms with Crippen molar-refractivity contribution >= 4 is 17.3 Å². The van der Waals surface area contributed by atoms with E-state index in [2.05, 4.69) is 53.0 Å². The van der Waals surface area contributed by atoms with Crippen molar-refractivity contribution < 1.29 is 28.6 Å². The zero-order valence-corrected chi connectivity index (χ0v) is 30.6. The minimum atomic E-state index is -1.44. The smallest absolute Gasteiger partial charge is 0.200 e. The Morgan fingerprint density at radius 1 is 0.936 bits per heavy atom. The molecule has 0 saturated heterocycles. The highest BCUT2D eigenvalue weighted by atomic mass is 16.5. The van der Waals surface area contributed by atoms with Crippen molar-refractivity contribution in [2.24, 2.45) is 28.1 Å². The van der Waals surface area contributed by atoms with Crippen LogP contribution in [0.4, 0.5) is 0 Å². The van der Waals surface area contributed by atoms with Gasteiger partial charge in [-0.2, -0.15) is 0 Å². The third kappa shape index (κ3) is 6.84. The molecular formula is C41H56O6. The van der Waals surface area contributed by atoms with Gasteiger partial charge in [0.05, 0.1) is 32.2 Å². The summed E-state index contributed by atoms with van der Waals surface area (Å²) in [7, 11) is 4.51. The molecule has 1 aromatic rings. The van der Waals surface area contributed by atoms with Crippen LogP contribution in [0.15, 0.2) is 77.1 Å². The Morgan fingerprint density at radius 2 is 1.55 bits per heavy atom. The zero-order chi connectivity index (χ0) is 35.5. The molecule has 2 aliphatic rings. The van der Waals surface area contributed by atoms with Gasteiger partial charge in [-0.25, -0.2) is 0 Å². The van der Waals surface area contributed by atoms with Gasteiger partial charge in [0.15, 0.2) is 28.8 Å². The van der Waals surface area contributed by atoms with Crippen LogP contribution in [0.1, 0.15) is 104 Å². The third-order valence-electron chi connectivity index (χ3n) is 10.7. The van der Waals surface area contributed by atoms with E-state index >= 15 is 9.59 Å². The molecule has 0 spiro atoms. The Labute approximate surface area is 283 Å². The van der Waals surface area contributed by atoms with Crippen LogP contribution in [0.3, 0.4) is 0 Å². The summed E-state index contributed by atoms with van der Waals surface area (Å²) in [5, 5.41) is 0. The molecule has 256 valence electrons. The summed E-state index contributed by atoms with van der Waals surface area (Å²) in [6.45, 7) is 24.7. The van der Waals surface area contributed by atoms with Crippen molar-refractivity contribution in [1.29, 1.82) is 0 Å². The summed E-state index contributed by atoms with van der Waals surface area (Å²) in [5.74, 6) is -0.240. The maximum Gasteiger partial charge on any atom is 0.200 e. The number of Topliss-reactive ketones (excluding diaryl/α,β-unsaturated/α-hetero) is 3. The first-order valence-electron chi connectivity index (χ1n) is 16.7. The summed E-state index contributed by atoms with van der Waals surface area (Å²) >= 11 is 0. The molecule has 6 heteroatoms. The molecule has 0 radical (unpaired) electrons. The summed E-state index contributed by atoms with van der Waals surface area (Å²) in [6.07, 6.45) is 7.37. The number of carbonyl (C=O) groups excluding carboxylic acids is 3. The van der Waals surface area contributed by atoms with Gasteiger partial charge in [0, 0.05) is 5.56 Å². The minimum absolute atomic E-state index is 0.0422. The normalized spacial score (nSPS) is 23.9. The maximum absolute atomic E-state index is 15.6. The van der Waals surface area contributed by atoms with Gasteiger partial charge in [-0.05, 0) is 116 Å². The first-order chi connectivity index (χ1) is 21.9. The highest BCUT2D eigenvalue weighted by Gasteiger charge is 2.72. The lowest BCUT2D eigenvalue weighted by Crippen LogP contribution is -2.67. The van der Waals surface area contributed by atoms with Crippen molar-refractivity contribution in [1.82, 2.24) is 0 Å². The molecule has 0 aliphatic heterocycles. The second-order valence-electron chi connectivity index (χ2n) is 14.8. The van der Waals surface area contributed by atoms with Crippen molar-refractivity contribution in [2.45, 2.75) is 93.9 Å². The van der Waals surface area contributed by atoms with E-state index in [0.717, 1.165) is 29.6 Å². The third-order valence-corrected chi connectivity index (χ3v) is 10.7. The Bertz CT molecular complexity index is 1530. The van der Waals surface area contributed by atoms with Crippen molar-refractivity contribution in [3.05, 3.63) is 82.7 Å². The number of hydrogen-bond acceptors (Lipinski definition) is 6. The van der Waals surface area contributed by atoms with E-state index in [0.29, 0.717) is 30.8 Å². The quantitative estimate of drug-likeness (QED) is 0.0819. The van der Waals surface area contributed by atoms with E-state index in [1.807, 2.05) is 27.7 Å². The number of fused-ring (bicyclic) bond motifs is 2. The van der Waals surface area contributed by atoms with E-state index in [1.54, 1.807) is 18.2 Å². The van der Waals surface area contributed by atoms with Crippen LogP contribution in [0.5, 0.6) is 11.5 Å². The lowest BCUT2D eigenvalue weighted by molar-refractivity contribution is -0.171. The Morgan fingerprint density at radius 3 is 2.06 bits per heavy atom. The second kappa shape index (κ2) is 14.6. The topological polar surface area (TPSA) is 78.9 Å². The van der Waals surface area contributed by atoms with Gasteiger partial charge < -0.3 is 14.2 Å². The van der Waals surface area contributed by atoms with E-state index < -0.39 is 27.8 Å². The van der Waals surface area contributed by atoms with Crippen molar-refractivity contribution in [3.63, 3.8) is 0 Å². The molecule has 1 aromatic carbocycles. The summed E-state index contributed by atoms with van der Waals surface area (Å²) in [4.78, 5) is 45.6. The molecule has 1 saturated carbocycles. The maximum atomic E-state index is 15.6. The van der Waals surface area contributed by atoms with E-state index in [1.165, 1.54) is 26.9 Å². The molecule has 0 N–H and O–H groups in total. The molecule has 0 aromatic heterocycles. The van der Waals surface area contributed by atoms with Crippen LogP contribution in [0.25, 0.3) is 0 Å².